The van der Waals surface area contributed by atoms with Crippen molar-refractivity contribution < 1.29 is 18.5 Å². The van der Waals surface area contributed by atoms with Gasteiger partial charge in [0, 0.05) is 11.8 Å². The van der Waals surface area contributed by atoms with E-state index in [9.17, 15) is 23.7 Å². The number of nitro benzene ring substituents is 1. The summed E-state index contributed by atoms with van der Waals surface area (Å²) in [6, 6.07) is 0.720. The molecule has 0 aliphatic carbocycles. The van der Waals surface area contributed by atoms with Crippen molar-refractivity contribution >= 4 is 23.4 Å². The van der Waals surface area contributed by atoms with Crippen LogP contribution >= 0.6 is 11.8 Å². The number of halogens is 2. The summed E-state index contributed by atoms with van der Waals surface area (Å²) in [6.45, 7) is 1.72. The van der Waals surface area contributed by atoms with Gasteiger partial charge < -0.3 is 5.32 Å². The Kier molecular flexibility index (Phi) is 5.22. The molecular weight excluding hydrogens is 278 g/mol. The lowest BCUT2D eigenvalue weighted by Crippen LogP contribution is -2.34. The second kappa shape index (κ2) is 6.46. The largest absolute Gasteiger partial charge is 0.349 e. The van der Waals surface area contributed by atoms with Gasteiger partial charge in [-0.25, -0.2) is 4.39 Å². The zero-order valence-electron chi connectivity index (χ0n) is 10.3. The van der Waals surface area contributed by atoms with Gasteiger partial charge in [0.1, 0.15) is 5.82 Å². The van der Waals surface area contributed by atoms with E-state index in [1.807, 2.05) is 6.26 Å². The van der Waals surface area contributed by atoms with Gasteiger partial charge in [0.05, 0.1) is 16.6 Å². The molecule has 1 N–H and O–H groups in total. The molecule has 8 heteroatoms. The average molecular weight is 290 g/mol. The molecule has 1 unspecified atom stereocenters. The highest BCUT2D eigenvalue weighted by Crippen LogP contribution is 2.21. The molecule has 0 aliphatic heterocycles. The number of benzene rings is 1. The molecule has 104 valence electrons. The minimum Gasteiger partial charge on any atom is -0.349 e. The summed E-state index contributed by atoms with van der Waals surface area (Å²) in [7, 11) is 0. The van der Waals surface area contributed by atoms with Crippen LogP contribution in [0.5, 0.6) is 0 Å². The van der Waals surface area contributed by atoms with Gasteiger partial charge in [-0.1, -0.05) is 0 Å². The molecule has 1 aromatic rings. The summed E-state index contributed by atoms with van der Waals surface area (Å²) in [5.74, 6) is -2.55. The first-order valence-corrected chi connectivity index (χ1v) is 6.69. The number of rotatable bonds is 5. The van der Waals surface area contributed by atoms with Crippen LogP contribution < -0.4 is 5.32 Å². The van der Waals surface area contributed by atoms with E-state index in [0.717, 1.165) is 0 Å². The SMILES string of the molecule is CSCC(C)NC(=O)c1cc(F)c([N+](=O)[O-])cc1F. The molecule has 0 aromatic heterocycles. The Morgan fingerprint density at radius 1 is 1.47 bits per heavy atom. The molecule has 5 nitrogen and oxygen atoms in total. The maximum atomic E-state index is 13.5. The van der Waals surface area contributed by atoms with Crippen LogP contribution in [0.1, 0.15) is 17.3 Å². The second-order valence-electron chi connectivity index (χ2n) is 3.87. The number of hydrogen-bond acceptors (Lipinski definition) is 4. The van der Waals surface area contributed by atoms with Crippen LogP contribution in [0.25, 0.3) is 0 Å². The van der Waals surface area contributed by atoms with Gasteiger partial charge in [-0.2, -0.15) is 16.2 Å². The Morgan fingerprint density at radius 3 is 2.63 bits per heavy atom. The Labute approximate surface area is 112 Å². The first kappa shape index (κ1) is 15.4. The zero-order valence-corrected chi connectivity index (χ0v) is 11.1. The predicted octanol–water partition coefficient (Wildman–Crippen LogP) is 2.35. The third-order valence-electron chi connectivity index (χ3n) is 2.27. The van der Waals surface area contributed by atoms with Gasteiger partial charge >= 0.3 is 5.69 Å². The molecule has 1 rings (SSSR count). The maximum Gasteiger partial charge on any atom is 0.307 e. The summed E-state index contributed by atoms with van der Waals surface area (Å²) in [4.78, 5) is 21.1. The van der Waals surface area contributed by atoms with Gasteiger partial charge in [-0.05, 0) is 19.2 Å². The highest BCUT2D eigenvalue weighted by Gasteiger charge is 2.22. The molecule has 1 atom stereocenters. The molecule has 1 aromatic carbocycles. The fraction of sp³-hybridized carbons (Fsp3) is 0.364. The normalized spacial score (nSPS) is 12.0. The standard InChI is InChI=1S/C11H12F2N2O3S/c1-6(5-19-2)14-11(16)7-3-9(13)10(15(17)18)4-8(7)12/h3-4,6H,5H2,1-2H3,(H,14,16). The van der Waals surface area contributed by atoms with Crippen molar-refractivity contribution in [2.75, 3.05) is 12.0 Å². The third kappa shape index (κ3) is 3.88. The van der Waals surface area contributed by atoms with Crippen molar-refractivity contribution in [2.24, 2.45) is 0 Å². The summed E-state index contributed by atoms with van der Waals surface area (Å²) in [6.07, 6.45) is 1.84. The van der Waals surface area contributed by atoms with Crippen LogP contribution in [-0.4, -0.2) is 28.9 Å². The Morgan fingerprint density at radius 2 is 2.11 bits per heavy atom. The lowest BCUT2D eigenvalue weighted by atomic mass is 10.1. The number of nitrogens with one attached hydrogen (secondary N) is 1. The van der Waals surface area contributed by atoms with E-state index in [0.29, 0.717) is 17.9 Å². The molecule has 0 aliphatic rings. The molecule has 0 saturated carbocycles. The van der Waals surface area contributed by atoms with Crippen molar-refractivity contribution in [3.63, 3.8) is 0 Å². The molecule has 0 saturated heterocycles. The van der Waals surface area contributed by atoms with E-state index in [1.165, 1.54) is 11.8 Å². The smallest absolute Gasteiger partial charge is 0.307 e. The molecule has 19 heavy (non-hydrogen) atoms. The highest BCUT2D eigenvalue weighted by molar-refractivity contribution is 7.98. The van der Waals surface area contributed by atoms with Gasteiger partial charge in [0.25, 0.3) is 5.91 Å². The third-order valence-corrected chi connectivity index (χ3v) is 3.11. The van der Waals surface area contributed by atoms with Crippen molar-refractivity contribution in [3.8, 4) is 0 Å². The van der Waals surface area contributed by atoms with Gasteiger partial charge in [-0.15, -0.1) is 0 Å². The van der Waals surface area contributed by atoms with Crippen LogP contribution in [0.15, 0.2) is 12.1 Å². The van der Waals surface area contributed by atoms with Crippen molar-refractivity contribution in [1.29, 1.82) is 0 Å². The number of carbonyl (C=O) groups excluding carboxylic acids is 1. The molecule has 0 radical (unpaired) electrons. The van der Waals surface area contributed by atoms with Crippen molar-refractivity contribution in [2.45, 2.75) is 13.0 Å². The molecule has 1 amide bonds. The highest BCUT2D eigenvalue weighted by atomic mass is 32.2. The number of amides is 1. The van der Waals surface area contributed by atoms with E-state index < -0.39 is 33.7 Å². The lowest BCUT2D eigenvalue weighted by Gasteiger charge is -2.12. The average Bonchev–Trinajstić information content (AvgIpc) is 2.31. The van der Waals surface area contributed by atoms with Crippen LogP contribution in [0, 0.1) is 21.7 Å². The quantitative estimate of drug-likeness (QED) is 0.667. The number of hydrogen-bond donors (Lipinski definition) is 1. The first-order valence-electron chi connectivity index (χ1n) is 5.30. The monoisotopic (exact) mass is 290 g/mol. The molecule has 0 heterocycles. The fourth-order valence-electron chi connectivity index (χ4n) is 1.44. The van der Waals surface area contributed by atoms with E-state index >= 15 is 0 Å². The predicted molar refractivity (Wildman–Crippen MR) is 68.3 cm³/mol. The summed E-state index contributed by atoms with van der Waals surface area (Å²) >= 11 is 1.49. The van der Waals surface area contributed by atoms with Crippen LogP contribution in [0.3, 0.4) is 0 Å². The van der Waals surface area contributed by atoms with Crippen molar-refractivity contribution in [3.05, 3.63) is 39.4 Å². The minimum absolute atomic E-state index is 0.222. The molecule has 0 bridgehead atoms. The fourth-order valence-corrected chi connectivity index (χ4v) is 2.03. The van der Waals surface area contributed by atoms with Crippen LogP contribution in [-0.2, 0) is 0 Å². The Balaban J connectivity index is 2.99. The topological polar surface area (TPSA) is 72.2 Å². The van der Waals surface area contributed by atoms with E-state index in [1.54, 1.807) is 6.92 Å². The van der Waals surface area contributed by atoms with Gasteiger partial charge in [-0.3, -0.25) is 14.9 Å². The van der Waals surface area contributed by atoms with Crippen LogP contribution in [0.4, 0.5) is 14.5 Å². The number of nitrogens with zero attached hydrogens (tertiary/aromatic N) is 1. The maximum absolute atomic E-state index is 13.5. The number of thioether (sulfide) groups is 1. The number of carbonyl (C=O) groups is 1. The molecular formula is C11H12F2N2O3S. The molecule has 0 spiro atoms. The second-order valence-corrected chi connectivity index (χ2v) is 4.78. The Hall–Kier alpha value is -1.70. The van der Waals surface area contributed by atoms with E-state index in [2.05, 4.69) is 5.32 Å². The van der Waals surface area contributed by atoms with Gasteiger partial charge in [0.2, 0.25) is 5.82 Å². The summed E-state index contributed by atoms with van der Waals surface area (Å²) in [5, 5.41) is 12.9. The first-order chi connectivity index (χ1) is 8.86. The van der Waals surface area contributed by atoms with Crippen LogP contribution in [0.2, 0.25) is 0 Å². The Bertz CT molecular complexity index is 511. The zero-order chi connectivity index (χ0) is 14.6. The van der Waals surface area contributed by atoms with Crippen molar-refractivity contribution in [1.82, 2.24) is 5.32 Å². The number of nitro groups is 1. The van der Waals surface area contributed by atoms with E-state index in [-0.39, 0.29) is 6.04 Å². The minimum atomic E-state index is -1.24. The summed E-state index contributed by atoms with van der Waals surface area (Å²) in [5.41, 5.74) is -1.54. The molecule has 0 fully saturated rings. The van der Waals surface area contributed by atoms with Gasteiger partial charge in [0.15, 0.2) is 0 Å². The lowest BCUT2D eigenvalue weighted by molar-refractivity contribution is -0.387. The summed E-state index contributed by atoms with van der Waals surface area (Å²) < 4.78 is 26.9. The van der Waals surface area contributed by atoms with E-state index in [4.69, 9.17) is 0 Å².